The molecule has 0 aromatic heterocycles. The summed E-state index contributed by atoms with van der Waals surface area (Å²) in [5.41, 5.74) is 4.24. The van der Waals surface area contributed by atoms with Crippen LogP contribution in [-0.4, -0.2) is 7.11 Å². The molecule has 0 saturated heterocycles. The van der Waals surface area contributed by atoms with Gasteiger partial charge in [0, 0.05) is 10.9 Å². The molecule has 4 aromatic rings. The van der Waals surface area contributed by atoms with Crippen LogP contribution in [0.2, 0.25) is 0 Å². The van der Waals surface area contributed by atoms with Crippen molar-refractivity contribution >= 4 is 10.8 Å². The minimum Gasteiger partial charge on any atom is -0.494 e. The first kappa shape index (κ1) is 22.0. The summed E-state index contributed by atoms with van der Waals surface area (Å²) in [5, 5.41) is 1.57. The molecule has 0 saturated carbocycles. The number of benzene rings is 4. The van der Waals surface area contributed by atoms with Crippen molar-refractivity contribution in [3.8, 4) is 28.0 Å². The largest absolute Gasteiger partial charge is 0.494 e. The van der Waals surface area contributed by atoms with Crippen LogP contribution in [0.4, 0.5) is 8.78 Å². The van der Waals surface area contributed by atoms with Crippen LogP contribution in [-0.2, 0) is 6.42 Å². The molecule has 0 spiro atoms. The Morgan fingerprint density at radius 1 is 0.719 bits per heavy atom. The first-order chi connectivity index (χ1) is 15.6. The Labute approximate surface area is 188 Å². The quantitative estimate of drug-likeness (QED) is 0.254. The van der Waals surface area contributed by atoms with E-state index in [2.05, 4.69) is 13.0 Å². The van der Waals surface area contributed by atoms with E-state index in [1.165, 1.54) is 44.4 Å². The smallest absolute Gasteiger partial charge is 0.165 e. The van der Waals surface area contributed by atoms with Crippen molar-refractivity contribution in [3.63, 3.8) is 0 Å². The highest BCUT2D eigenvalue weighted by Crippen LogP contribution is 2.32. The number of ether oxygens (including phenoxy) is 1. The van der Waals surface area contributed by atoms with Crippen molar-refractivity contribution in [1.29, 1.82) is 0 Å². The maximum Gasteiger partial charge on any atom is 0.165 e. The van der Waals surface area contributed by atoms with E-state index in [4.69, 9.17) is 4.74 Å². The number of hydrogen-bond acceptors (Lipinski definition) is 1. The van der Waals surface area contributed by atoms with Crippen LogP contribution in [0.1, 0.15) is 38.2 Å². The zero-order valence-corrected chi connectivity index (χ0v) is 18.6. The first-order valence-electron chi connectivity index (χ1n) is 11.3. The van der Waals surface area contributed by atoms with Crippen molar-refractivity contribution in [2.24, 2.45) is 0 Å². The average molecular weight is 431 g/mol. The second-order valence-corrected chi connectivity index (χ2v) is 8.22. The third kappa shape index (κ3) is 4.67. The number of aryl methyl sites for hydroxylation is 1. The van der Waals surface area contributed by atoms with Gasteiger partial charge in [0.25, 0.3) is 0 Å². The number of hydrogen-bond donors (Lipinski definition) is 0. The number of rotatable bonds is 8. The van der Waals surface area contributed by atoms with E-state index in [-0.39, 0.29) is 11.6 Å². The van der Waals surface area contributed by atoms with Gasteiger partial charge in [-0.25, -0.2) is 8.78 Å². The van der Waals surface area contributed by atoms with E-state index in [9.17, 15) is 4.39 Å². The van der Waals surface area contributed by atoms with Gasteiger partial charge in [-0.05, 0) is 52.6 Å². The monoisotopic (exact) mass is 430 g/mol. The van der Waals surface area contributed by atoms with Crippen molar-refractivity contribution in [2.45, 2.75) is 39.0 Å². The maximum absolute atomic E-state index is 15.3. The highest BCUT2D eigenvalue weighted by atomic mass is 19.1. The summed E-state index contributed by atoms with van der Waals surface area (Å²) in [6.07, 6.45) is 5.93. The van der Waals surface area contributed by atoms with Crippen molar-refractivity contribution in [3.05, 3.63) is 90.0 Å². The van der Waals surface area contributed by atoms with Gasteiger partial charge in [0.1, 0.15) is 5.82 Å². The molecular formula is C29H28F2O. The number of fused-ring (bicyclic) bond motifs is 1. The predicted octanol–water partition coefficient (Wildman–Crippen LogP) is 8.58. The number of methoxy groups -OCH3 is 1. The Kier molecular flexibility index (Phi) is 6.84. The van der Waals surface area contributed by atoms with Gasteiger partial charge >= 0.3 is 0 Å². The van der Waals surface area contributed by atoms with Gasteiger partial charge in [-0.1, -0.05) is 86.8 Å². The third-order valence-corrected chi connectivity index (χ3v) is 6.02. The lowest BCUT2D eigenvalue weighted by atomic mass is 9.96. The van der Waals surface area contributed by atoms with Crippen LogP contribution in [0.3, 0.4) is 0 Å². The fourth-order valence-corrected chi connectivity index (χ4v) is 4.16. The molecule has 0 amide bonds. The lowest BCUT2D eigenvalue weighted by molar-refractivity contribution is 0.386. The molecule has 0 unspecified atom stereocenters. The second kappa shape index (κ2) is 9.95. The Balaban J connectivity index is 1.57. The number of unbranched alkanes of at least 4 members (excludes halogenated alkanes) is 3. The van der Waals surface area contributed by atoms with Gasteiger partial charge in [0.2, 0.25) is 0 Å². The molecular weight excluding hydrogens is 402 g/mol. The van der Waals surface area contributed by atoms with Gasteiger partial charge in [-0.2, -0.15) is 0 Å². The summed E-state index contributed by atoms with van der Waals surface area (Å²) in [6.45, 7) is 2.21. The summed E-state index contributed by atoms with van der Waals surface area (Å²) in [4.78, 5) is 0. The molecule has 164 valence electrons. The van der Waals surface area contributed by atoms with Crippen LogP contribution in [0.25, 0.3) is 33.0 Å². The normalized spacial score (nSPS) is 11.1. The summed E-state index contributed by atoms with van der Waals surface area (Å²) in [7, 11) is 1.44. The molecule has 0 heterocycles. The molecule has 3 heteroatoms. The standard InChI is InChI=1S/C29H28F2O/c1-3-4-5-6-7-20-8-15-26-24(18-20)13-16-25(29(26)31)22-11-9-21(10-12-22)23-14-17-28(32-2)27(30)19-23/h8-19H,3-7H2,1-2H3. The van der Waals surface area contributed by atoms with Gasteiger partial charge < -0.3 is 4.74 Å². The number of halogens is 2. The molecule has 4 rings (SSSR count). The average Bonchev–Trinajstić information content (AvgIpc) is 2.82. The summed E-state index contributed by atoms with van der Waals surface area (Å²) >= 11 is 0. The van der Waals surface area contributed by atoms with E-state index in [1.54, 1.807) is 6.07 Å². The molecule has 0 aliphatic carbocycles. The van der Waals surface area contributed by atoms with Gasteiger partial charge in [0.05, 0.1) is 7.11 Å². The fraction of sp³-hybridized carbons (Fsp3) is 0.241. The van der Waals surface area contributed by atoms with Crippen molar-refractivity contribution in [1.82, 2.24) is 0 Å². The van der Waals surface area contributed by atoms with Gasteiger partial charge in [-0.15, -0.1) is 0 Å². The minimum atomic E-state index is -0.403. The third-order valence-electron chi connectivity index (χ3n) is 6.02. The van der Waals surface area contributed by atoms with E-state index in [0.29, 0.717) is 10.9 Å². The topological polar surface area (TPSA) is 9.23 Å². The molecule has 0 atom stereocenters. The fourth-order valence-electron chi connectivity index (χ4n) is 4.16. The molecule has 32 heavy (non-hydrogen) atoms. The lowest BCUT2D eigenvalue weighted by Gasteiger charge is -2.10. The first-order valence-corrected chi connectivity index (χ1v) is 11.3. The molecule has 0 bridgehead atoms. The van der Waals surface area contributed by atoms with Crippen molar-refractivity contribution in [2.75, 3.05) is 7.11 Å². The van der Waals surface area contributed by atoms with Crippen LogP contribution >= 0.6 is 0 Å². The molecule has 0 aliphatic heterocycles. The molecule has 0 fully saturated rings. The Morgan fingerprint density at radius 2 is 1.47 bits per heavy atom. The Bertz CT molecular complexity index is 1210. The summed E-state index contributed by atoms with van der Waals surface area (Å²) < 4.78 is 34.4. The van der Waals surface area contributed by atoms with Crippen LogP contribution in [0.15, 0.2) is 72.8 Å². The van der Waals surface area contributed by atoms with E-state index < -0.39 is 5.82 Å². The van der Waals surface area contributed by atoms with E-state index >= 15 is 4.39 Å². The molecule has 0 aliphatic rings. The van der Waals surface area contributed by atoms with Crippen LogP contribution in [0, 0.1) is 11.6 Å². The minimum absolute atomic E-state index is 0.205. The van der Waals surface area contributed by atoms with Crippen molar-refractivity contribution < 1.29 is 13.5 Å². The molecule has 1 nitrogen and oxygen atoms in total. The Morgan fingerprint density at radius 3 is 2.19 bits per heavy atom. The Hall–Kier alpha value is -3.20. The highest BCUT2D eigenvalue weighted by molar-refractivity contribution is 5.89. The van der Waals surface area contributed by atoms with Crippen LogP contribution < -0.4 is 4.74 Å². The van der Waals surface area contributed by atoms with E-state index in [0.717, 1.165) is 28.5 Å². The highest BCUT2D eigenvalue weighted by Gasteiger charge is 2.11. The summed E-state index contributed by atoms with van der Waals surface area (Å²) in [5.74, 6) is -0.393. The predicted molar refractivity (Wildman–Crippen MR) is 129 cm³/mol. The maximum atomic E-state index is 15.3. The molecule has 4 aromatic carbocycles. The SMILES string of the molecule is CCCCCCc1ccc2c(F)c(-c3ccc(-c4ccc(OC)c(F)c4)cc3)ccc2c1. The zero-order valence-electron chi connectivity index (χ0n) is 18.6. The van der Waals surface area contributed by atoms with Crippen LogP contribution in [0.5, 0.6) is 5.75 Å². The van der Waals surface area contributed by atoms with Gasteiger partial charge in [-0.3, -0.25) is 0 Å². The zero-order chi connectivity index (χ0) is 22.5. The van der Waals surface area contributed by atoms with E-state index in [1.807, 2.05) is 54.6 Å². The molecule has 0 N–H and O–H groups in total. The lowest BCUT2D eigenvalue weighted by Crippen LogP contribution is -1.91. The molecule has 0 radical (unpaired) electrons. The van der Waals surface area contributed by atoms with Gasteiger partial charge in [0.15, 0.2) is 11.6 Å². The second-order valence-electron chi connectivity index (χ2n) is 8.22. The summed E-state index contributed by atoms with van der Waals surface area (Å²) in [6, 6.07) is 22.3.